The van der Waals surface area contributed by atoms with Crippen LogP contribution in [-0.2, 0) is 54.3 Å². The highest BCUT2D eigenvalue weighted by Crippen LogP contribution is 2.31. The van der Waals surface area contributed by atoms with Gasteiger partial charge in [0.15, 0.2) is 0 Å². The minimum absolute atomic E-state index is 0.0173. The number of azo groups is 2. The van der Waals surface area contributed by atoms with Gasteiger partial charge >= 0.3 is 21.2 Å². The van der Waals surface area contributed by atoms with E-state index in [1.54, 1.807) is 36.4 Å². The second kappa shape index (κ2) is 24.0. The average Bonchev–Trinajstić information content (AvgIpc) is 3.18. The largest absolute Gasteiger partial charge is 0.496 e. The van der Waals surface area contributed by atoms with Crippen LogP contribution in [0.15, 0.2) is 116 Å². The molecular weight excluding hydrogens is 885 g/mol. The summed E-state index contributed by atoms with van der Waals surface area (Å²) in [5.41, 5.74) is 3.28. The van der Waals surface area contributed by atoms with Gasteiger partial charge in [0, 0.05) is 42.6 Å². The Morgan fingerprint density at radius 3 is 1.64 bits per heavy atom. The minimum Gasteiger partial charge on any atom is -0.496 e. The average molecular weight is 921 g/mol. The van der Waals surface area contributed by atoms with Crippen LogP contribution in [0, 0.1) is 0 Å². The van der Waals surface area contributed by atoms with Crippen LogP contribution in [0.1, 0.15) is 36.1 Å². The van der Waals surface area contributed by atoms with Crippen molar-refractivity contribution in [2.75, 3.05) is 31.3 Å². The number of nitrogens with zero attached hydrogens (tertiary/aromatic N) is 7. The predicted octanol–water partition coefficient (Wildman–Crippen LogP) is 5.22. The van der Waals surface area contributed by atoms with Crippen LogP contribution in [0.4, 0.5) is 28.7 Å². The van der Waals surface area contributed by atoms with Crippen molar-refractivity contribution >= 4 is 70.2 Å². The summed E-state index contributed by atoms with van der Waals surface area (Å²) in [7, 11) is -13.2. The molecule has 61 heavy (non-hydrogen) atoms. The lowest BCUT2D eigenvalue weighted by molar-refractivity contribution is 0.313. The van der Waals surface area contributed by atoms with E-state index in [-0.39, 0.29) is 36.5 Å². The Kier molecular flexibility index (Phi) is 19.2. The van der Waals surface area contributed by atoms with Crippen molar-refractivity contribution in [1.82, 2.24) is 15.0 Å². The van der Waals surface area contributed by atoms with Gasteiger partial charge in [0.1, 0.15) is 23.1 Å². The minimum atomic E-state index is -4.39. The lowest BCUT2D eigenvalue weighted by Gasteiger charge is -2.13. The predicted molar refractivity (Wildman–Crippen MR) is 216 cm³/mol. The van der Waals surface area contributed by atoms with Crippen molar-refractivity contribution < 1.29 is 60.7 Å². The molecule has 4 aromatic carbocycles. The highest BCUT2D eigenvalue weighted by molar-refractivity contribution is 7.86. The highest BCUT2D eigenvalue weighted by atomic mass is 32.2. The third kappa shape index (κ3) is 19.0. The van der Waals surface area contributed by atoms with Crippen LogP contribution < -0.4 is 14.8 Å². The summed E-state index contributed by atoms with van der Waals surface area (Å²) in [5.74, 6) is 1.71. The number of ether oxygens (including phenoxy) is 2. The molecule has 26 heteroatoms. The van der Waals surface area contributed by atoms with Gasteiger partial charge in [-0.25, -0.2) is 4.98 Å². The van der Waals surface area contributed by atoms with Gasteiger partial charge in [-0.05, 0) is 55.8 Å². The first kappa shape index (κ1) is 48.9. The number of nitrogens with one attached hydrogen (secondary N) is 1. The molecule has 0 atom stereocenters. The van der Waals surface area contributed by atoms with E-state index < -0.39 is 47.2 Å². The van der Waals surface area contributed by atoms with Crippen molar-refractivity contribution in [2.45, 2.75) is 31.1 Å². The van der Waals surface area contributed by atoms with Crippen molar-refractivity contribution in [3.63, 3.8) is 0 Å². The van der Waals surface area contributed by atoms with E-state index in [2.05, 4.69) is 35.7 Å². The molecule has 0 aliphatic heterocycles. The van der Waals surface area contributed by atoms with E-state index in [9.17, 15) is 21.4 Å². The smallest absolute Gasteiger partial charge is 0.425 e. The normalized spacial score (nSPS) is 11.2. The lowest BCUT2D eigenvalue weighted by atomic mass is 10.1. The molecule has 0 radical (unpaired) electrons. The van der Waals surface area contributed by atoms with Crippen LogP contribution >= 0.6 is 0 Å². The Labute approximate surface area is 352 Å². The van der Waals surface area contributed by atoms with Crippen LogP contribution in [0.25, 0.3) is 0 Å². The molecule has 1 aromatic heterocycles. The molecule has 0 bridgehead atoms. The Morgan fingerprint density at radius 1 is 0.639 bits per heavy atom. The van der Waals surface area contributed by atoms with Crippen molar-refractivity contribution in [1.29, 1.82) is 0 Å². The number of aromatic nitrogens is 3. The van der Waals surface area contributed by atoms with Gasteiger partial charge in [-0.3, -0.25) is 9.11 Å². The van der Waals surface area contributed by atoms with Gasteiger partial charge in [-0.2, -0.15) is 47.3 Å². The number of anilines is 1. The summed E-state index contributed by atoms with van der Waals surface area (Å²) in [6.45, 7) is 2.49. The first-order valence-electron chi connectivity index (χ1n) is 17.2. The van der Waals surface area contributed by atoms with Crippen LogP contribution in [-0.4, -0.2) is 92.2 Å². The zero-order valence-corrected chi connectivity index (χ0v) is 35.2. The molecule has 0 unspecified atom stereocenters. The van der Waals surface area contributed by atoms with Gasteiger partial charge < -0.3 is 14.8 Å². The summed E-state index contributed by atoms with van der Waals surface area (Å²) >= 11 is 0. The molecule has 0 amide bonds. The quantitative estimate of drug-likeness (QED) is 0.0611. The van der Waals surface area contributed by atoms with Gasteiger partial charge in [0.25, 0.3) is 20.2 Å². The Bertz CT molecular complexity index is 2760. The third-order valence-corrected chi connectivity index (χ3v) is 8.97. The Hall–Kier alpha value is -6.45. The molecule has 324 valence electrons. The number of methoxy groups -OCH3 is 1. The summed E-state index contributed by atoms with van der Waals surface area (Å²) in [5, 5.41) is 20.0. The number of benzene rings is 4. The van der Waals surface area contributed by atoms with Gasteiger partial charge in [0.2, 0.25) is 5.95 Å². The standard InChI is InChI=1S/C35H36N8O8S2.2O3S/c1-3-36-35-38-33(19-24-13-15-28(22-31(24)50-2)43-41-27-11-7-12-30(21-27)53(47,48)49)37-34(39-35)20-25-14-16-29(42-40-26-9-5-4-6-10-26)23-32(25)51-17-8-18-52(44,45)46;2*1-4(2)3/h4-7,9-16,21-23H,3,8,17-20H2,1-2H3,(H,44,45,46)(H,47,48,49)(H,36,37,38,39);;. The molecule has 1 heterocycles. The maximum atomic E-state index is 11.5. The molecule has 0 aliphatic carbocycles. The Balaban J connectivity index is 0.00000114. The topological polar surface area (TPSA) is 330 Å². The first-order valence-corrected chi connectivity index (χ1v) is 22.2. The maximum absolute atomic E-state index is 11.5. The van der Waals surface area contributed by atoms with Crippen LogP contribution in [0.2, 0.25) is 0 Å². The SMILES string of the molecule is CCNc1nc(Cc2ccc(N=Nc3cccc(S(=O)(=O)O)c3)cc2OC)nc(Cc2ccc(N=Nc3ccccc3)cc2OCCCS(=O)(=O)O)n1.O=S(=O)=O.O=S(=O)=O. The first-order chi connectivity index (χ1) is 28.8. The van der Waals surface area contributed by atoms with Crippen molar-refractivity contribution in [3.8, 4) is 11.5 Å². The van der Waals surface area contributed by atoms with E-state index in [1.807, 2.05) is 43.3 Å². The summed E-state index contributed by atoms with van der Waals surface area (Å²) in [6, 6.07) is 25.1. The molecule has 22 nitrogen and oxygen atoms in total. The molecule has 0 fully saturated rings. The highest BCUT2D eigenvalue weighted by Gasteiger charge is 2.15. The number of hydrogen-bond acceptors (Lipinski definition) is 20. The van der Waals surface area contributed by atoms with Gasteiger partial charge in [-0.15, -0.1) is 25.3 Å². The molecule has 5 rings (SSSR count). The molecule has 3 N–H and O–H groups in total. The number of hydrogen-bond donors (Lipinski definition) is 3. The van der Waals surface area contributed by atoms with Crippen LogP contribution in [0.5, 0.6) is 11.5 Å². The fourth-order valence-electron chi connectivity index (χ4n) is 4.89. The number of rotatable bonds is 17. The molecule has 0 saturated carbocycles. The third-order valence-electron chi connectivity index (χ3n) is 7.32. The molecule has 0 spiro atoms. The maximum Gasteiger partial charge on any atom is 0.425 e. The van der Waals surface area contributed by atoms with Crippen LogP contribution in [0.3, 0.4) is 0 Å². The second-order valence-electron chi connectivity index (χ2n) is 11.8. The lowest BCUT2D eigenvalue weighted by Crippen LogP contribution is -2.12. The van der Waals surface area contributed by atoms with Crippen molar-refractivity contribution in [2.24, 2.45) is 20.5 Å². The van der Waals surface area contributed by atoms with E-state index in [1.165, 1.54) is 25.3 Å². The van der Waals surface area contributed by atoms with E-state index in [0.717, 1.165) is 5.56 Å². The molecule has 5 aromatic rings. The second-order valence-corrected chi connectivity index (χ2v) is 15.6. The molecule has 0 saturated heterocycles. The fraction of sp³-hybridized carbons (Fsp3) is 0.229. The van der Waals surface area contributed by atoms with E-state index in [0.29, 0.717) is 58.3 Å². The van der Waals surface area contributed by atoms with Crippen molar-refractivity contribution in [3.05, 3.63) is 114 Å². The van der Waals surface area contributed by atoms with E-state index in [4.69, 9.17) is 44.3 Å². The Morgan fingerprint density at radius 2 is 1.13 bits per heavy atom. The summed E-state index contributed by atoms with van der Waals surface area (Å²) < 4.78 is 126. The fourth-order valence-corrected chi connectivity index (χ4v) is 5.89. The zero-order valence-electron chi connectivity index (χ0n) is 32.0. The summed E-state index contributed by atoms with van der Waals surface area (Å²) in [6.07, 6.45) is 0.563. The summed E-state index contributed by atoms with van der Waals surface area (Å²) in [4.78, 5) is 13.6. The molecule has 0 aliphatic rings. The van der Waals surface area contributed by atoms with E-state index >= 15 is 0 Å². The monoisotopic (exact) mass is 920 g/mol. The molecular formula is C35H36N8O14S4. The zero-order chi connectivity index (χ0) is 45.0. The van der Waals surface area contributed by atoms with Gasteiger partial charge in [0.05, 0.1) is 47.1 Å². The van der Waals surface area contributed by atoms with Gasteiger partial charge in [-0.1, -0.05) is 36.4 Å².